The van der Waals surface area contributed by atoms with Gasteiger partial charge in [0.15, 0.2) is 5.78 Å². The first-order valence-electron chi connectivity index (χ1n) is 5.15. The van der Waals surface area contributed by atoms with Gasteiger partial charge in [0.25, 0.3) is 0 Å². The normalized spacial score (nSPS) is 12.5. The van der Waals surface area contributed by atoms with E-state index in [1.165, 1.54) is 24.3 Å². The fourth-order valence-corrected chi connectivity index (χ4v) is 1.45. The zero-order valence-electron chi connectivity index (χ0n) is 8.87. The van der Waals surface area contributed by atoms with Crippen molar-refractivity contribution in [3.8, 4) is 0 Å². The van der Waals surface area contributed by atoms with Crippen LogP contribution in [0.15, 0.2) is 24.3 Å². The van der Waals surface area contributed by atoms with E-state index in [0.29, 0.717) is 12.1 Å². The molecule has 1 aromatic rings. The van der Waals surface area contributed by atoms with Crippen molar-refractivity contribution in [3.63, 3.8) is 0 Å². The molecule has 0 amide bonds. The van der Waals surface area contributed by atoms with Crippen molar-refractivity contribution in [3.05, 3.63) is 35.6 Å². The molecular weight excluding hydrogens is 193 g/mol. The van der Waals surface area contributed by atoms with Gasteiger partial charge in [0.2, 0.25) is 0 Å². The molecule has 3 heteroatoms. The van der Waals surface area contributed by atoms with E-state index < -0.39 is 0 Å². The number of nitrogens with two attached hydrogens (primary N) is 1. The van der Waals surface area contributed by atoms with Crippen LogP contribution in [0.25, 0.3) is 0 Å². The molecule has 82 valence electrons. The predicted octanol–water partition coefficient (Wildman–Crippen LogP) is 2.38. The zero-order chi connectivity index (χ0) is 11.3. The summed E-state index contributed by atoms with van der Waals surface area (Å²) in [6, 6.07) is 5.67. The topological polar surface area (TPSA) is 43.1 Å². The van der Waals surface area contributed by atoms with Gasteiger partial charge in [-0.05, 0) is 43.7 Å². The molecule has 0 aromatic heterocycles. The summed E-state index contributed by atoms with van der Waals surface area (Å²) in [7, 11) is 0. The summed E-state index contributed by atoms with van der Waals surface area (Å²) < 4.78 is 12.6. The van der Waals surface area contributed by atoms with Crippen LogP contribution in [0.4, 0.5) is 4.39 Å². The minimum Gasteiger partial charge on any atom is -0.330 e. The lowest BCUT2D eigenvalue weighted by atomic mass is 9.95. The van der Waals surface area contributed by atoms with Gasteiger partial charge in [-0.1, -0.05) is 6.92 Å². The monoisotopic (exact) mass is 209 g/mol. The van der Waals surface area contributed by atoms with E-state index in [0.717, 1.165) is 12.8 Å². The summed E-state index contributed by atoms with van der Waals surface area (Å²) >= 11 is 0. The Labute approximate surface area is 89.3 Å². The number of ketones is 1. The molecular formula is C12H16FNO. The van der Waals surface area contributed by atoms with E-state index in [1.807, 2.05) is 6.92 Å². The van der Waals surface area contributed by atoms with Crippen LogP contribution in [0.3, 0.4) is 0 Å². The first-order valence-corrected chi connectivity index (χ1v) is 5.15. The van der Waals surface area contributed by atoms with Crippen LogP contribution in [-0.2, 0) is 0 Å². The second-order valence-corrected chi connectivity index (χ2v) is 3.70. The molecule has 0 spiro atoms. The lowest BCUT2D eigenvalue weighted by Gasteiger charge is -2.09. The highest BCUT2D eigenvalue weighted by Crippen LogP contribution is 2.13. The van der Waals surface area contributed by atoms with E-state index >= 15 is 0 Å². The fraction of sp³-hybridized carbons (Fsp3) is 0.417. The smallest absolute Gasteiger partial charge is 0.165 e. The maximum atomic E-state index is 12.6. The maximum absolute atomic E-state index is 12.6. The zero-order valence-corrected chi connectivity index (χ0v) is 8.87. The Kier molecular flexibility index (Phi) is 4.43. The molecule has 15 heavy (non-hydrogen) atoms. The fourth-order valence-electron chi connectivity index (χ4n) is 1.45. The summed E-state index contributed by atoms with van der Waals surface area (Å²) in [5, 5.41) is 0. The molecule has 1 aromatic carbocycles. The third-order valence-corrected chi connectivity index (χ3v) is 2.42. The molecule has 0 bridgehead atoms. The largest absolute Gasteiger partial charge is 0.330 e. The van der Waals surface area contributed by atoms with E-state index in [9.17, 15) is 9.18 Å². The van der Waals surface area contributed by atoms with Crippen LogP contribution < -0.4 is 5.73 Å². The van der Waals surface area contributed by atoms with Gasteiger partial charge in [-0.15, -0.1) is 0 Å². The Morgan fingerprint density at radius 1 is 1.40 bits per heavy atom. The molecule has 1 unspecified atom stereocenters. The van der Waals surface area contributed by atoms with Gasteiger partial charge in [-0.25, -0.2) is 4.39 Å². The second-order valence-electron chi connectivity index (χ2n) is 3.70. The van der Waals surface area contributed by atoms with Crippen LogP contribution in [0.1, 0.15) is 30.1 Å². The van der Waals surface area contributed by atoms with Gasteiger partial charge in [0.1, 0.15) is 5.82 Å². The molecule has 1 rings (SSSR count). The molecule has 0 heterocycles. The number of carbonyl (C=O) groups is 1. The number of halogens is 1. The second kappa shape index (κ2) is 5.61. The summed E-state index contributed by atoms with van der Waals surface area (Å²) in [6.45, 7) is 2.47. The summed E-state index contributed by atoms with van der Waals surface area (Å²) in [5.41, 5.74) is 5.94. The van der Waals surface area contributed by atoms with Crippen molar-refractivity contribution in [2.24, 2.45) is 11.7 Å². The molecule has 0 aliphatic rings. The van der Waals surface area contributed by atoms with Gasteiger partial charge >= 0.3 is 0 Å². The van der Waals surface area contributed by atoms with Gasteiger partial charge in [0.05, 0.1) is 0 Å². The molecule has 0 saturated carbocycles. The van der Waals surface area contributed by atoms with Crippen molar-refractivity contribution in [1.29, 1.82) is 0 Å². The Balaban J connectivity index is 2.63. The number of hydrogen-bond donors (Lipinski definition) is 1. The average molecular weight is 209 g/mol. The van der Waals surface area contributed by atoms with Gasteiger partial charge < -0.3 is 5.73 Å². The summed E-state index contributed by atoms with van der Waals surface area (Å²) in [6.07, 6.45) is 1.63. The van der Waals surface area contributed by atoms with Crippen molar-refractivity contribution in [2.45, 2.75) is 19.8 Å². The molecule has 0 fully saturated rings. The average Bonchev–Trinajstić information content (AvgIpc) is 2.26. The van der Waals surface area contributed by atoms with Crippen LogP contribution in [0.2, 0.25) is 0 Å². The maximum Gasteiger partial charge on any atom is 0.165 e. The Hall–Kier alpha value is -1.22. The summed E-state index contributed by atoms with van der Waals surface area (Å²) in [5.74, 6) is -0.302. The van der Waals surface area contributed by atoms with Gasteiger partial charge in [0, 0.05) is 11.5 Å². The first kappa shape index (κ1) is 11.9. The van der Waals surface area contributed by atoms with Gasteiger partial charge in [-0.3, -0.25) is 4.79 Å². The van der Waals surface area contributed by atoms with Crippen molar-refractivity contribution in [1.82, 2.24) is 0 Å². The van der Waals surface area contributed by atoms with Crippen molar-refractivity contribution in [2.75, 3.05) is 6.54 Å². The predicted molar refractivity (Wildman–Crippen MR) is 58.2 cm³/mol. The Morgan fingerprint density at radius 3 is 2.53 bits per heavy atom. The van der Waals surface area contributed by atoms with Crippen LogP contribution in [-0.4, -0.2) is 12.3 Å². The third-order valence-electron chi connectivity index (χ3n) is 2.42. The molecule has 0 aliphatic heterocycles. The minimum absolute atomic E-state index is 0.0426. The van der Waals surface area contributed by atoms with Crippen molar-refractivity contribution < 1.29 is 9.18 Å². The number of benzene rings is 1. The van der Waals surface area contributed by atoms with E-state index in [-0.39, 0.29) is 17.5 Å². The molecule has 1 atom stereocenters. The number of carbonyl (C=O) groups excluding carboxylic acids is 1. The molecule has 0 radical (unpaired) electrons. The van der Waals surface area contributed by atoms with E-state index in [1.54, 1.807) is 0 Å². The Morgan fingerprint density at radius 2 is 2.00 bits per heavy atom. The molecule has 0 saturated heterocycles. The van der Waals surface area contributed by atoms with Crippen LogP contribution in [0.5, 0.6) is 0 Å². The highest BCUT2D eigenvalue weighted by atomic mass is 19.1. The number of hydrogen-bond acceptors (Lipinski definition) is 2. The SMILES string of the molecule is CC(CCCN)C(=O)c1ccc(F)cc1. The van der Waals surface area contributed by atoms with Crippen LogP contribution >= 0.6 is 0 Å². The Bertz CT molecular complexity index is 321. The lowest BCUT2D eigenvalue weighted by Crippen LogP contribution is -2.13. The highest BCUT2D eigenvalue weighted by Gasteiger charge is 2.14. The van der Waals surface area contributed by atoms with E-state index in [2.05, 4.69) is 0 Å². The third kappa shape index (κ3) is 3.44. The standard InChI is InChI=1S/C12H16FNO/c1-9(3-2-8-14)12(15)10-4-6-11(13)7-5-10/h4-7,9H,2-3,8,14H2,1H3. The first-order chi connectivity index (χ1) is 7.15. The van der Waals surface area contributed by atoms with Gasteiger partial charge in [-0.2, -0.15) is 0 Å². The quantitative estimate of drug-likeness (QED) is 0.756. The number of Topliss-reactive ketones (excluding diaryl/α,β-unsaturated/α-hetero) is 1. The molecule has 2 N–H and O–H groups in total. The highest BCUT2D eigenvalue weighted by molar-refractivity contribution is 5.97. The van der Waals surface area contributed by atoms with Crippen LogP contribution in [0, 0.1) is 11.7 Å². The van der Waals surface area contributed by atoms with Crippen molar-refractivity contribution >= 4 is 5.78 Å². The lowest BCUT2D eigenvalue weighted by molar-refractivity contribution is 0.0923. The molecule has 2 nitrogen and oxygen atoms in total. The summed E-state index contributed by atoms with van der Waals surface area (Å²) in [4.78, 5) is 11.8. The minimum atomic E-state index is -0.318. The van der Waals surface area contributed by atoms with E-state index in [4.69, 9.17) is 5.73 Å². The number of rotatable bonds is 5. The molecule has 0 aliphatic carbocycles.